The van der Waals surface area contributed by atoms with Crippen molar-refractivity contribution in [1.29, 1.82) is 0 Å². The molecule has 3 rings (SSSR count). The van der Waals surface area contributed by atoms with Crippen LogP contribution in [0.4, 0.5) is 5.82 Å². The molecule has 1 fully saturated rings. The Bertz CT molecular complexity index is 519. The van der Waals surface area contributed by atoms with Crippen molar-refractivity contribution in [2.75, 3.05) is 13.2 Å². The molecule has 5 atom stereocenters. The number of imidazole rings is 1. The molecule has 1 aromatic rings. The number of aliphatic imine (C=N–C) groups is 1. The Hall–Kier alpha value is -1.52. The maximum atomic E-state index is 10.0. The van der Waals surface area contributed by atoms with E-state index in [0.717, 1.165) is 0 Å². The van der Waals surface area contributed by atoms with E-state index >= 15 is 0 Å². The first-order valence-electron chi connectivity index (χ1n) is 6.26. The van der Waals surface area contributed by atoms with Crippen LogP contribution in [0.5, 0.6) is 0 Å². The van der Waals surface area contributed by atoms with Crippen molar-refractivity contribution in [1.82, 2.24) is 14.9 Å². The number of aliphatic hydroxyl groups excluding tert-OH is 4. The molecule has 0 aromatic carbocycles. The van der Waals surface area contributed by atoms with Crippen LogP contribution in [0, 0.1) is 0 Å². The second kappa shape index (κ2) is 5.11. The Morgan fingerprint density at radius 2 is 2.05 bits per heavy atom. The highest BCUT2D eigenvalue weighted by atomic mass is 16.6. The summed E-state index contributed by atoms with van der Waals surface area (Å²) in [7, 11) is 0. The number of hydrogen-bond donors (Lipinski definition) is 5. The fourth-order valence-electron chi connectivity index (χ4n) is 2.45. The minimum absolute atomic E-state index is 0.147. The molecule has 2 aliphatic heterocycles. The van der Waals surface area contributed by atoms with E-state index in [-0.39, 0.29) is 12.6 Å². The zero-order chi connectivity index (χ0) is 14.3. The second-order valence-corrected chi connectivity index (χ2v) is 4.75. The van der Waals surface area contributed by atoms with E-state index in [1.54, 1.807) is 0 Å². The molecule has 0 spiro atoms. The first kappa shape index (κ1) is 13.5. The van der Waals surface area contributed by atoms with Crippen LogP contribution in [0.3, 0.4) is 0 Å². The van der Waals surface area contributed by atoms with E-state index in [4.69, 9.17) is 9.84 Å². The van der Waals surface area contributed by atoms with Crippen molar-refractivity contribution in [2.45, 2.75) is 30.6 Å². The smallest absolute Gasteiger partial charge is 0.165 e. The van der Waals surface area contributed by atoms with Gasteiger partial charge in [-0.05, 0) is 0 Å². The van der Waals surface area contributed by atoms with Crippen molar-refractivity contribution in [3.05, 3.63) is 12.0 Å². The average Bonchev–Trinajstić information content (AvgIpc) is 3.01. The summed E-state index contributed by atoms with van der Waals surface area (Å²) in [6, 6.07) is -0.374. The number of nitrogens with one attached hydrogen (secondary N) is 1. The number of fused-ring (bicyclic) bond motifs is 1. The van der Waals surface area contributed by atoms with Gasteiger partial charge in [0.15, 0.2) is 12.0 Å². The lowest BCUT2D eigenvalue weighted by atomic mass is 10.1. The summed E-state index contributed by atoms with van der Waals surface area (Å²) in [5.74, 6) is 0.442. The summed E-state index contributed by atoms with van der Waals surface area (Å²) in [6.45, 7) is -0.540. The van der Waals surface area contributed by atoms with Crippen molar-refractivity contribution in [3.63, 3.8) is 0 Å². The molecule has 0 bridgehead atoms. The van der Waals surface area contributed by atoms with Gasteiger partial charge >= 0.3 is 0 Å². The van der Waals surface area contributed by atoms with Crippen LogP contribution < -0.4 is 5.32 Å². The summed E-state index contributed by atoms with van der Waals surface area (Å²) in [5, 5.41) is 41.0. The normalized spacial score (nSPS) is 35.9. The Labute approximate surface area is 114 Å². The molecule has 0 amide bonds. The predicted molar refractivity (Wildman–Crippen MR) is 66.4 cm³/mol. The van der Waals surface area contributed by atoms with Crippen LogP contribution in [0.2, 0.25) is 0 Å². The van der Waals surface area contributed by atoms with E-state index in [2.05, 4.69) is 15.3 Å². The zero-order valence-electron chi connectivity index (χ0n) is 10.5. The molecule has 9 heteroatoms. The number of aliphatic hydroxyl groups is 4. The molecule has 1 aromatic heterocycles. The Morgan fingerprint density at radius 3 is 2.70 bits per heavy atom. The van der Waals surface area contributed by atoms with Crippen molar-refractivity contribution < 1.29 is 25.2 Å². The number of rotatable bonds is 3. The topological polar surface area (TPSA) is 132 Å². The van der Waals surface area contributed by atoms with Crippen LogP contribution in [0.15, 0.2) is 11.3 Å². The SMILES string of the molecule is OCC1NC=Nc2c1ncn2[C@@H]1O[C@H](CO)[C@@H](O)[C@H]1O. The number of nitrogens with zero attached hydrogens (tertiary/aromatic N) is 3. The molecule has 5 N–H and O–H groups in total. The lowest BCUT2D eigenvalue weighted by Crippen LogP contribution is -2.33. The molecule has 0 radical (unpaired) electrons. The Morgan fingerprint density at radius 1 is 1.25 bits per heavy atom. The third-order valence-electron chi connectivity index (χ3n) is 3.56. The largest absolute Gasteiger partial charge is 0.394 e. The fourth-order valence-corrected chi connectivity index (χ4v) is 2.45. The van der Waals surface area contributed by atoms with Gasteiger partial charge in [-0.2, -0.15) is 0 Å². The van der Waals surface area contributed by atoms with Crippen molar-refractivity contribution in [3.8, 4) is 0 Å². The molecular weight excluding hydrogens is 268 g/mol. The van der Waals surface area contributed by atoms with Gasteiger partial charge in [0, 0.05) is 0 Å². The maximum absolute atomic E-state index is 10.0. The summed E-state index contributed by atoms with van der Waals surface area (Å²) < 4.78 is 6.92. The number of aromatic nitrogens is 2. The molecule has 110 valence electrons. The lowest BCUT2D eigenvalue weighted by Gasteiger charge is -2.21. The van der Waals surface area contributed by atoms with Crippen LogP contribution in [0.25, 0.3) is 0 Å². The predicted octanol–water partition coefficient (Wildman–Crippen LogP) is -2.21. The third-order valence-corrected chi connectivity index (χ3v) is 3.56. The molecule has 0 aliphatic carbocycles. The number of ether oxygens (including phenoxy) is 1. The highest BCUT2D eigenvalue weighted by molar-refractivity contribution is 5.65. The first-order chi connectivity index (χ1) is 9.67. The molecule has 1 unspecified atom stereocenters. The van der Waals surface area contributed by atoms with Gasteiger partial charge in [-0.3, -0.25) is 4.57 Å². The van der Waals surface area contributed by atoms with Gasteiger partial charge in [-0.25, -0.2) is 9.98 Å². The minimum atomic E-state index is -1.19. The van der Waals surface area contributed by atoms with E-state index in [1.807, 2.05) is 0 Å². The zero-order valence-corrected chi connectivity index (χ0v) is 10.5. The van der Waals surface area contributed by atoms with Gasteiger partial charge in [-0.15, -0.1) is 0 Å². The molecule has 2 aliphatic rings. The van der Waals surface area contributed by atoms with Gasteiger partial charge in [0.25, 0.3) is 0 Å². The highest BCUT2D eigenvalue weighted by Crippen LogP contribution is 2.36. The Kier molecular flexibility index (Phi) is 3.44. The molecular formula is C11H16N4O5. The van der Waals surface area contributed by atoms with Crippen LogP contribution in [-0.4, -0.2) is 67.8 Å². The van der Waals surface area contributed by atoms with Gasteiger partial charge in [0.05, 0.1) is 31.9 Å². The molecule has 1 saturated heterocycles. The summed E-state index contributed by atoms with van der Waals surface area (Å²) >= 11 is 0. The molecule has 0 saturated carbocycles. The standard InChI is InChI=1S/C11H16N4O5/c16-1-5-7-10(13-3-12-5)15(4-14-7)11-9(19)8(18)6(2-17)20-11/h3-6,8-9,11,16-19H,1-2H2,(H,12,13)/t5?,6-,8-,9-,11-/m1/s1. The van der Waals surface area contributed by atoms with E-state index < -0.39 is 31.1 Å². The quantitative estimate of drug-likeness (QED) is 0.425. The van der Waals surface area contributed by atoms with E-state index in [9.17, 15) is 15.3 Å². The second-order valence-electron chi connectivity index (χ2n) is 4.75. The minimum Gasteiger partial charge on any atom is -0.394 e. The highest BCUT2D eigenvalue weighted by Gasteiger charge is 2.44. The monoisotopic (exact) mass is 284 g/mol. The average molecular weight is 284 g/mol. The van der Waals surface area contributed by atoms with Crippen molar-refractivity contribution in [2.24, 2.45) is 4.99 Å². The van der Waals surface area contributed by atoms with Gasteiger partial charge in [-0.1, -0.05) is 0 Å². The van der Waals surface area contributed by atoms with Crippen LogP contribution >= 0.6 is 0 Å². The van der Waals surface area contributed by atoms with Crippen molar-refractivity contribution >= 4 is 12.2 Å². The van der Waals surface area contributed by atoms with Crippen LogP contribution in [-0.2, 0) is 4.74 Å². The number of hydrogen-bond acceptors (Lipinski definition) is 8. The van der Waals surface area contributed by atoms with Gasteiger partial charge in [0.1, 0.15) is 24.0 Å². The molecule has 20 heavy (non-hydrogen) atoms. The first-order valence-corrected chi connectivity index (χ1v) is 6.26. The van der Waals surface area contributed by atoms with Crippen LogP contribution in [0.1, 0.15) is 18.0 Å². The third kappa shape index (κ3) is 1.91. The maximum Gasteiger partial charge on any atom is 0.165 e. The van der Waals surface area contributed by atoms with Gasteiger partial charge in [0.2, 0.25) is 0 Å². The van der Waals surface area contributed by atoms with E-state index in [0.29, 0.717) is 11.5 Å². The fraction of sp³-hybridized carbons (Fsp3) is 0.636. The lowest BCUT2D eigenvalue weighted by molar-refractivity contribution is -0.0520. The summed E-state index contributed by atoms with van der Waals surface area (Å²) in [6.07, 6.45) is -1.24. The molecule has 9 nitrogen and oxygen atoms in total. The summed E-state index contributed by atoms with van der Waals surface area (Å²) in [4.78, 5) is 8.28. The van der Waals surface area contributed by atoms with E-state index in [1.165, 1.54) is 17.2 Å². The van der Waals surface area contributed by atoms with Gasteiger partial charge < -0.3 is 30.5 Å². The molecule has 3 heterocycles. The Balaban J connectivity index is 1.93. The summed E-state index contributed by atoms with van der Waals surface area (Å²) in [5.41, 5.74) is 0.535.